The van der Waals surface area contributed by atoms with Crippen LogP contribution in [0, 0.1) is 12.8 Å². The number of fused-ring (bicyclic) bond motifs is 2. The summed E-state index contributed by atoms with van der Waals surface area (Å²) in [6.45, 7) is 7.52. The van der Waals surface area contributed by atoms with Gasteiger partial charge in [0.2, 0.25) is 5.91 Å². The number of amides is 2. The molecule has 2 aliphatic heterocycles. The van der Waals surface area contributed by atoms with Crippen molar-refractivity contribution in [3.63, 3.8) is 0 Å². The van der Waals surface area contributed by atoms with Crippen LogP contribution in [0.5, 0.6) is 0 Å². The number of thioether (sulfide) groups is 1. The molecule has 0 radical (unpaired) electrons. The zero-order valence-electron chi connectivity index (χ0n) is 18.6. The van der Waals surface area contributed by atoms with Crippen LogP contribution >= 0.6 is 11.8 Å². The average molecular weight is 435 g/mol. The smallest absolute Gasteiger partial charge is 0.268 e. The van der Waals surface area contributed by atoms with Gasteiger partial charge in [0.15, 0.2) is 4.87 Å². The maximum Gasteiger partial charge on any atom is 0.268 e. The Balaban J connectivity index is 1.61. The monoisotopic (exact) mass is 434 g/mol. The predicted molar refractivity (Wildman–Crippen MR) is 126 cm³/mol. The van der Waals surface area contributed by atoms with Crippen molar-refractivity contribution in [3.05, 3.63) is 65.2 Å². The molecule has 1 saturated carbocycles. The summed E-state index contributed by atoms with van der Waals surface area (Å²) in [4.78, 5) is 30.8. The molecule has 162 valence electrons. The van der Waals surface area contributed by atoms with Gasteiger partial charge in [-0.2, -0.15) is 0 Å². The Bertz CT molecular complexity index is 1040. The van der Waals surface area contributed by atoms with Gasteiger partial charge in [0.1, 0.15) is 0 Å². The van der Waals surface area contributed by atoms with Gasteiger partial charge in [0.25, 0.3) is 5.91 Å². The number of benzene rings is 2. The molecule has 2 aromatic carbocycles. The van der Waals surface area contributed by atoms with Crippen molar-refractivity contribution >= 4 is 29.3 Å². The summed E-state index contributed by atoms with van der Waals surface area (Å²) in [7, 11) is 0. The molecule has 0 unspecified atom stereocenters. The molecule has 2 aromatic rings. The van der Waals surface area contributed by atoms with Gasteiger partial charge in [-0.3, -0.25) is 9.59 Å². The van der Waals surface area contributed by atoms with Gasteiger partial charge in [0.05, 0.1) is 12.2 Å². The summed E-state index contributed by atoms with van der Waals surface area (Å²) in [5.41, 5.74) is 4.21. The van der Waals surface area contributed by atoms with Crippen molar-refractivity contribution in [2.24, 2.45) is 5.92 Å². The number of para-hydroxylation sites is 1. The predicted octanol–water partition coefficient (Wildman–Crippen LogP) is 5.24. The van der Waals surface area contributed by atoms with E-state index in [0.717, 1.165) is 42.5 Å². The SMILES string of the molecule is Cc1ccccc1CN1C(=O)[C@@]2(SC(C)(C)CN2C(=O)C2CCCC2)c2ccccc21. The molecule has 5 rings (SSSR count). The maximum absolute atomic E-state index is 14.2. The Hall–Kier alpha value is -2.27. The Labute approximate surface area is 189 Å². The lowest BCUT2D eigenvalue weighted by molar-refractivity contribution is -0.143. The quantitative estimate of drug-likeness (QED) is 0.663. The lowest BCUT2D eigenvalue weighted by Crippen LogP contribution is -2.51. The Morgan fingerprint density at radius 2 is 1.74 bits per heavy atom. The first-order chi connectivity index (χ1) is 14.8. The second-order valence-electron chi connectivity index (χ2n) is 9.75. The second kappa shape index (κ2) is 7.40. The van der Waals surface area contributed by atoms with Gasteiger partial charge in [0, 0.05) is 22.8 Å². The van der Waals surface area contributed by atoms with Crippen LogP contribution in [-0.2, 0) is 21.0 Å². The topological polar surface area (TPSA) is 40.6 Å². The van der Waals surface area contributed by atoms with Crippen LogP contribution in [0.25, 0.3) is 0 Å². The molecule has 1 saturated heterocycles. The fourth-order valence-corrected chi connectivity index (χ4v) is 7.22. The molecular weight excluding hydrogens is 404 g/mol. The van der Waals surface area contributed by atoms with E-state index in [4.69, 9.17) is 0 Å². The highest BCUT2D eigenvalue weighted by Crippen LogP contribution is 2.60. The lowest BCUT2D eigenvalue weighted by Gasteiger charge is -2.34. The summed E-state index contributed by atoms with van der Waals surface area (Å²) in [6.07, 6.45) is 4.11. The van der Waals surface area contributed by atoms with Crippen LogP contribution in [0.4, 0.5) is 5.69 Å². The van der Waals surface area contributed by atoms with Gasteiger partial charge in [-0.1, -0.05) is 55.3 Å². The summed E-state index contributed by atoms with van der Waals surface area (Å²) < 4.78 is -0.185. The fraction of sp³-hybridized carbons (Fsp3) is 0.462. The molecule has 0 aromatic heterocycles. The fourth-order valence-electron chi connectivity index (χ4n) is 5.48. The molecule has 1 spiro atoms. The molecule has 0 bridgehead atoms. The lowest BCUT2D eigenvalue weighted by atomic mass is 10.00. The van der Waals surface area contributed by atoms with E-state index in [2.05, 4.69) is 39.0 Å². The highest BCUT2D eigenvalue weighted by molar-refractivity contribution is 8.02. The number of hydrogen-bond donors (Lipinski definition) is 0. The van der Waals surface area contributed by atoms with Gasteiger partial charge < -0.3 is 9.80 Å². The third kappa shape index (κ3) is 3.20. The van der Waals surface area contributed by atoms with E-state index < -0.39 is 4.87 Å². The number of carbonyl (C=O) groups is 2. The number of rotatable bonds is 3. The maximum atomic E-state index is 14.2. The van der Waals surface area contributed by atoms with Crippen LogP contribution in [0.1, 0.15) is 56.2 Å². The number of aryl methyl sites for hydroxylation is 1. The molecule has 5 heteroatoms. The molecular formula is C26H30N2O2S. The zero-order valence-corrected chi connectivity index (χ0v) is 19.4. The highest BCUT2D eigenvalue weighted by Gasteiger charge is 2.64. The van der Waals surface area contributed by atoms with Gasteiger partial charge in [-0.25, -0.2) is 0 Å². The number of nitrogens with zero attached hydrogens (tertiary/aromatic N) is 2. The van der Waals surface area contributed by atoms with Crippen LogP contribution in [0.2, 0.25) is 0 Å². The summed E-state index contributed by atoms with van der Waals surface area (Å²) >= 11 is 1.66. The minimum absolute atomic E-state index is 0.0267. The van der Waals surface area contributed by atoms with E-state index in [9.17, 15) is 9.59 Å². The molecule has 0 N–H and O–H groups in total. The Kier molecular flexibility index (Phi) is 4.93. The Morgan fingerprint density at radius 3 is 2.48 bits per heavy atom. The van der Waals surface area contributed by atoms with Crippen molar-refractivity contribution in [1.82, 2.24) is 4.90 Å². The van der Waals surface area contributed by atoms with Gasteiger partial charge in [-0.05, 0) is 50.8 Å². The normalized spacial score (nSPS) is 24.9. The molecule has 4 nitrogen and oxygen atoms in total. The minimum Gasteiger partial charge on any atom is -0.314 e. The number of carbonyl (C=O) groups excluding carboxylic acids is 2. The highest BCUT2D eigenvalue weighted by atomic mass is 32.2. The van der Waals surface area contributed by atoms with Crippen LogP contribution in [-0.4, -0.2) is 28.0 Å². The molecule has 3 aliphatic rings. The van der Waals surface area contributed by atoms with Crippen molar-refractivity contribution in [1.29, 1.82) is 0 Å². The second-order valence-corrected chi connectivity index (χ2v) is 11.6. The average Bonchev–Trinajstić information content (AvgIpc) is 3.43. The van der Waals surface area contributed by atoms with Crippen molar-refractivity contribution < 1.29 is 9.59 Å². The first kappa shape index (κ1) is 20.6. The van der Waals surface area contributed by atoms with E-state index in [1.54, 1.807) is 11.8 Å². The van der Waals surface area contributed by atoms with Crippen LogP contribution in [0.3, 0.4) is 0 Å². The summed E-state index contributed by atoms with van der Waals surface area (Å²) in [5.74, 6) is 0.243. The molecule has 2 amide bonds. The minimum atomic E-state index is -0.956. The molecule has 2 heterocycles. The number of hydrogen-bond acceptors (Lipinski definition) is 3. The van der Waals surface area contributed by atoms with Gasteiger partial charge >= 0.3 is 0 Å². The molecule has 2 fully saturated rings. The largest absolute Gasteiger partial charge is 0.314 e. The summed E-state index contributed by atoms with van der Waals surface area (Å²) in [5, 5.41) is 0. The Morgan fingerprint density at radius 1 is 1.06 bits per heavy atom. The first-order valence-electron chi connectivity index (χ1n) is 11.3. The van der Waals surface area contributed by atoms with Crippen molar-refractivity contribution in [2.45, 2.75) is 62.6 Å². The van der Waals surface area contributed by atoms with Gasteiger partial charge in [-0.15, -0.1) is 11.8 Å². The molecule has 1 atom stereocenters. The molecule has 31 heavy (non-hydrogen) atoms. The zero-order chi connectivity index (χ0) is 21.8. The van der Waals surface area contributed by atoms with Crippen molar-refractivity contribution in [2.75, 3.05) is 11.4 Å². The molecule has 1 aliphatic carbocycles. The number of anilines is 1. The van der Waals surface area contributed by atoms with E-state index >= 15 is 0 Å². The third-order valence-corrected chi connectivity index (χ3v) is 8.59. The van der Waals surface area contributed by atoms with E-state index in [0.29, 0.717) is 13.1 Å². The first-order valence-corrected chi connectivity index (χ1v) is 12.1. The van der Waals surface area contributed by atoms with Crippen LogP contribution < -0.4 is 4.90 Å². The van der Waals surface area contributed by atoms with Crippen molar-refractivity contribution in [3.8, 4) is 0 Å². The standard InChI is InChI=1S/C26H30N2O2S/c1-18-10-4-5-13-20(18)16-27-22-15-9-8-14-21(22)26(24(27)30)28(17-25(2,3)31-26)23(29)19-11-6-7-12-19/h4-5,8-10,13-15,19H,6-7,11-12,16-17H2,1-3H3/t26-/m0/s1. The van der Waals surface area contributed by atoms with E-state index in [1.165, 1.54) is 5.56 Å². The van der Waals surface area contributed by atoms with E-state index in [-0.39, 0.29) is 22.5 Å². The third-order valence-electron chi connectivity index (χ3n) is 7.00. The van der Waals surface area contributed by atoms with E-state index in [1.807, 2.05) is 40.1 Å². The summed E-state index contributed by atoms with van der Waals surface area (Å²) in [6, 6.07) is 16.3. The van der Waals surface area contributed by atoms with Crippen LogP contribution in [0.15, 0.2) is 48.5 Å².